The number of amides is 1. The maximum absolute atomic E-state index is 13.3. The lowest BCUT2D eigenvalue weighted by atomic mass is 10.0. The van der Waals surface area contributed by atoms with Crippen LogP contribution in [0.5, 0.6) is 0 Å². The molecule has 1 unspecified atom stereocenters. The molecule has 0 N–H and O–H groups in total. The minimum Gasteiger partial charge on any atom is -0.467 e. The van der Waals surface area contributed by atoms with Gasteiger partial charge in [-0.2, -0.15) is 5.10 Å². The minimum atomic E-state index is -0.288. The van der Waals surface area contributed by atoms with Gasteiger partial charge in [0, 0.05) is 13.0 Å². The largest absolute Gasteiger partial charge is 0.467 e. The minimum absolute atomic E-state index is 0.138. The molecule has 1 atom stereocenters. The molecule has 0 radical (unpaired) electrons. The van der Waals surface area contributed by atoms with E-state index in [2.05, 4.69) is 16.8 Å². The summed E-state index contributed by atoms with van der Waals surface area (Å²) in [4.78, 5) is 13.3. The Hall–Kier alpha value is -3.85. The summed E-state index contributed by atoms with van der Waals surface area (Å²) in [5.74, 6) is 1.92. The molecule has 0 saturated carbocycles. The van der Waals surface area contributed by atoms with Crippen LogP contribution in [0, 0.1) is 6.92 Å². The van der Waals surface area contributed by atoms with Crippen LogP contribution in [0.1, 0.15) is 29.3 Å². The van der Waals surface area contributed by atoms with Crippen molar-refractivity contribution in [3.05, 3.63) is 90.6 Å². The molecule has 34 heavy (non-hydrogen) atoms. The Morgan fingerprint density at radius 2 is 1.94 bits per heavy atom. The Balaban J connectivity index is 1.37. The van der Waals surface area contributed by atoms with Crippen molar-refractivity contribution in [3.63, 3.8) is 0 Å². The molecule has 0 spiro atoms. The summed E-state index contributed by atoms with van der Waals surface area (Å²) in [6, 6.07) is 15.2. The number of hydrazone groups is 1. The second kappa shape index (κ2) is 9.56. The number of allylic oxidation sites excluding steroid dienone is 1. The molecule has 0 aliphatic carbocycles. The SMILES string of the molecule is C=CCn1c(SCC(=O)N2N=C(c3ccc(C)cc3)CC2c2ccco2)nnc1-c1ccco1. The lowest BCUT2D eigenvalue weighted by Gasteiger charge is -2.19. The van der Waals surface area contributed by atoms with Gasteiger partial charge in [-0.3, -0.25) is 9.36 Å². The molecule has 0 bridgehead atoms. The fourth-order valence-electron chi connectivity index (χ4n) is 3.83. The number of carbonyl (C=O) groups is 1. The first-order valence-corrected chi connectivity index (χ1v) is 11.8. The summed E-state index contributed by atoms with van der Waals surface area (Å²) in [5.41, 5.74) is 3.03. The topological polar surface area (TPSA) is 89.7 Å². The first-order valence-electron chi connectivity index (χ1n) is 10.8. The quantitative estimate of drug-likeness (QED) is 0.261. The van der Waals surface area contributed by atoms with Crippen LogP contribution in [0.25, 0.3) is 11.6 Å². The van der Waals surface area contributed by atoms with Crippen LogP contribution < -0.4 is 0 Å². The number of aromatic nitrogens is 3. The van der Waals surface area contributed by atoms with Crippen molar-refractivity contribution < 1.29 is 13.6 Å². The van der Waals surface area contributed by atoms with Gasteiger partial charge in [-0.05, 0) is 36.8 Å². The highest BCUT2D eigenvalue weighted by Crippen LogP contribution is 2.34. The fourth-order valence-corrected chi connectivity index (χ4v) is 4.63. The van der Waals surface area contributed by atoms with Crippen LogP contribution in [0.2, 0.25) is 0 Å². The fraction of sp³-hybridized carbons (Fsp3) is 0.200. The summed E-state index contributed by atoms with van der Waals surface area (Å²) in [6.45, 7) is 6.36. The maximum Gasteiger partial charge on any atom is 0.253 e. The molecule has 4 aromatic rings. The van der Waals surface area contributed by atoms with Gasteiger partial charge in [0.1, 0.15) is 11.8 Å². The van der Waals surface area contributed by atoms with E-state index in [0.717, 1.165) is 11.3 Å². The predicted molar refractivity (Wildman–Crippen MR) is 129 cm³/mol. The average Bonchev–Trinajstić information content (AvgIpc) is 3.65. The second-order valence-corrected chi connectivity index (χ2v) is 8.80. The van der Waals surface area contributed by atoms with Crippen LogP contribution in [0.3, 0.4) is 0 Å². The van der Waals surface area contributed by atoms with Crippen molar-refractivity contribution in [1.29, 1.82) is 0 Å². The molecule has 1 aromatic carbocycles. The van der Waals surface area contributed by atoms with E-state index < -0.39 is 0 Å². The van der Waals surface area contributed by atoms with Gasteiger partial charge in [0.2, 0.25) is 5.82 Å². The summed E-state index contributed by atoms with van der Waals surface area (Å²) in [6.07, 6.45) is 5.55. The molecule has 9 heteroatoms. The number of hydrogen-bond donors (Lipinski definition) is 0. The van der Waals surface area contributed by atoms with Crippen molar-refractivity contribution >= 4 is 23.4 Å². The molecule has 3 aromatic heterocycles. The molecule has 1 amide bonds. The monoisotopic (exact) mass is 473 g/mol. The highest BCUT2D eigenvalue weighted by molar-refractivity contribution is 7.99. The smallest absolute Gasteiger partial charge is 0.253 e. The van der Waals surface area contributed by atoms with Gasteiger partial charge in [0.25, 0.3) is 5.91 Å². The van der Waals surface area contributed by atoms with Crippen molar-refractivity contribution in [2.75, 3.05) is 5.75 Å². The first-order chi connectivity index (χ1) is 16.6. The highest BCUT2D eigenvalue weighted by atomic mass is 32.2. The number of rotatable bonds is 8. The number of aryl methyl sites for hydroxylation is 1. The third kappa shape index (κ3) is 4.34. The van der Waals surface area contributed by atoms with Gasteiger partial charge in [-0.15, -0.1) is 16.8 Å². The zero-order valence-electron chi connectivity index (χ0n) is 18.6. The van der Waals surface area contributed by atoms with Gasteiger partial charge in [0.15, 0.2) is 10.9 Å². The molecule has 8 nitrogen and oxygen atoms in total. The van der Waals surface area contributed by atoms with Crippen LogP contribution >= 0.6 is 11.8 Å². The van der Waals surface area contributed by atoms with Gasteiger partial charge in [-0.25, -0.2) is 5.01 Å². The molecular formula is C25H23N5O3S. The molecule has 1 aliphatic rings. The number of furan rings is 2. The van der Waals surface area contributed by atoms with E-state index in [4.69, 9.17) is 13.9 Å². The molecule has 0 saturated heterocycles. The summed E-state index contributed by atoms with van der Waals surface area (Å²) < 4.78 is 13.0. The van der Waals surface area contributed by atoms with E-state index in [9.17, 15) is 4.79 Å². The first kappa shape index (κ1) is 22.0. The number of thioether (sulfide) groups is 1. The van der Waals surface area contributed by atoms with Crippen LogP contribution in [0.15, 0.2) is 92.8 Å². The number of benzene rings is 1. The van der Waals surface area contributed by atoms with Gasteiger partial charge >= 0.3 is 0 Å². The van der Waals surface area contributed by atoms with E-state index in [-0.39, 0.29) is 17.7 Å². The van der Waals surface area contributed by atoms with E-state index in [1.165, 1.54) is 22.3 Å². The van der Waals surface area contributed by atoms with Crippen LogP contribution in [0.4, 0.5) is 0 Å². The lowest BCUT2D eigenvalue weighted by Crippen LogP contribution is -2.28. The normalized spacial score (nSPS) is 15.5. The average molecular weight is 474 g/mol. The Morgan fingerprint density at radius 3 is 2.65 bits per heavy atom. The van der Waals surface area contributed by atoms with E-state index in [1.54, 1.807) is 24.7 Å². The van der Waals surface area contributed by atoms with Crippen molar-refractivity contribution in [1.82, 2.24) is 19.8 Å². The zero-order chi connectivity index (χ0) is 23.5. The van der Waals surface area contributed by atoms with Crippen LogP contribution in [-0.4, -0.2) is 37.1 Å². The molecule has 5 rings (SSSR count). The van der Waals surface area contributed by atoms with Gasteiger partial charge < -0.3 is 8.83 Å². The lowest BCUT2D eigenvalue weighted by molar-refractivity contribution is -0.130. The highest BCUT2D eigenvalue weighted by Gasteiger charge is 2.35. The standard InChI is InChI=1S/C25H23N5O3S/c1-3-12-29-24(22-7-5-14-33-22)26-27-25(29)34-16-23(31)30-20(21-6-4-13-32-21)15-19(28-30)18-10-8-17(2)9-11-18/h3-11,13-14,20H,1,12,15-16H2,2H3. The molecule has 172 valence electrons. The third-order valence-corrected chi connectivity index (χ3v) is 6.47. The van der Waals surface area contributed by atoms with E-state index >= 15 is 0 Å². The molecular weight excluding hydrogens is 450 g/mol. The molecule has 4 heterocycles. The summed E-state index contributed by atoms with van der Waals surface area (Å²) in [7, 11) is 0. The number of nitrogens with zero attached hydrogens (tertiary/aromatic N) is 5. The van der Waals surface area contributed by atoms with Crippen molar-refractivity contribution in [2.45, 2.75) is 31.1 Å². The Kier molecular flexibility index (Phi) is 6.18. The van der Waals surface area contributed by atoms with E-state index in [0.29, 0.717) is 35.5 Å². The van der Waals surface area contributed by atoms with Crippen molar-refractivity contribution in [3.8, 4) is 11.6 Å². The Labute approximate surface area is 201 Å². The van der Waals surface area contributed by atoms with Crippen LogP contribution in [-0.2, 0) is 11.3 Å². The summed E-state index contributed by atoms with van der Waals surface area (Å²) in [5, 5.41) is 15.4. The molecule has 0 fully saturated rings. The van der Waals surface area contributed by atoms with Gasteiger partial charge in [0.05, 0.1) is 24.0 Å². The molecule has 1 aliphatic heterocycles. The second-order valence-electron chi connectivity index (χ2n) is 7.86. The van der Waals surface area contributed by atoms with Gasteiger partial charge in [-0.1, -0.05) is 47.7 Å². The predicted octanol–water partition coefficient (Wildman–Crippen LogP) is 5.10. The van der Waals surface area contributed by atoms with Crippen molar-refractivity contribution in [2.24, 2.45) is 5.10 Å². The third-order valence-electron chi connectivity index (χ3n) is 5.52. The van der Waals surface area contributed by atoms with E-state index in [1.807, 2.05) is 54.0 Å². The Morgan fingerprint density at radius 1 is 1.15 bits per heavy atom. The zero-order valence-corrected chi connectivity index (χ0v) is 19.4. The maximum atomic E-state index is 13.3. The number of carbonyl (C=O) groups excluding carboxylic acids is 1. The number of hydrogen-bond acceptors (Lipinski definition) is 7. The Bertz CT molecular complexity index is 1310. The summed E-state index contributed by atoms with van der Waals surface area (Å²) >= 11 is 1.31.